The minimum Gasteiger partial charge on any atom is -0.494 e. The van der Waals surface area contributed by atoms with Gasteiger partial charge in [-0.2, -0.15) is 0 Å². The molecule has 0 aromatic heterocycles. The average molecular weight is 356 g/mol. The third-order valence-electron chi connectivity index (χ3n) is 3.99. The number of nitrogens with one attached hydrogen (secondary N) is 1. The molecule has 1 N–H and O–H groups in total. The molecule has 1 aromatic carbocycles. The van der Waals surface area contributed by atoms with Crippen LogP contribution in [0.2, 0.25) is 0 Å². The van der Waals surface area contributed by atoms with Gasteiger partial charge in [0, 0.05) is 16.6 Å². The Morgan fingerprint density at radius 2 is 2.24 bits per heavy atom. The van der Waals surface area contributed by atoms with Crippen molar-refractivity contribution in [2.24, 2.45) is 5.92 Å². The average Bonchev–Trinajstić information content (AvgIpc) is 2.88. The number of halogens is 1. The van der Waals surface area contributed by atoms with Crippen molar-refractivity contribution in [2.75, 3.05) is 19.8 Å². The summed E-state index contributed by atoms with van der Waals surface area (Å²) in [5, 5.41) is 3.66. The van der Waals surface area contributed by atoms with Crippen LogP contribution in [0.5, 0.6) is 5.75 Å². The van der Waals surface area contributed by atoms with E-state index in [4.69, 9.17) is 9.47 Å². The molecule has 0 amide bonds. The Bertz CT molecular complexity index is 452. The normalized spacial score (nSPS) is 23.2. The van der Waals surface area contributed by atoms with Gasteiger partial charge in [0.2, 0.25) is 0 Å². The molecule has 0 aliphatic carbocycles. The quantitative estimate of drug-likeness (QED) is 0.790. The highest BCUT2D eigenvalue weighted by Gasteiger charge is 2.34. The van der Waals surface area contributed by atoms with Crippen molar-refractivity contribution in [3.63, 3.8) is 0 Å². The molecule has 1 aromatic rings. The van der Waals surface area contributed by atoms with Crippen molar-refractivity contribution in [1.29, 1.82) is 0 Å². The van der Waals surface area contributed by atoms with E-state index in [1.54, 1.807) is 0 Å². The van der Waals surface area contributed by atoms with E-state index in [-0.39, 0.29) is 12.1 Å². The molecule has 0 spiro atoms. The first kappa shape index (κ1) is 16.8. The minimum atomic E-state index is 0.182. The van der Waals surface area contributed by atoms with Crippen molar-refractivity contribution >= 4 is 15.9 Å². The maximum Gasteiger partial charge on any atom is 0.124 e. The zero-order valence-corrected chi connectivity index (χ0v) is 14.8. The zero-order valence-electron chi connectivity index (χ0n) is 13.2. The van der Waals surface area contributed by atoms with Gasteiger partial charge in [-0.1, -0.05) is 29.8 Å². The lowest BCUT2D eigenvalue weighted by Gasteiger charge is -2.29. The van der Waals surface area contributed by atoms with Gasteiger partial charge in [0.25, 0.3) is 0 Å². The van der Waals surface area contributed by atoms with E-state index in [1.165, 1.54) is 5.56 Å². The van der Waals surface area contributed by atoms with Crippen LogP contribution in [0.3, 0.4) is 0 Å². The van der Waals surface area contributed by atoms with Crippen molar-refractivity contribution in [2.45, 2.75) is 45.8 Å². The van der Waals surface area contributed by atoms with Crippen molar-refractivity contribution < 1.29 is 9.47 Å². The van der Waals surface area contributed by atoms with E-state index < -0.39 is 0 Å². The lowest BCUT2D eigenvalue weighted by molar-refractivity contribution is 0.0597. The van der Waals surface area contributed by atoms with Gasteiger partial charge in [-0.3, -0.25) is 0 Å². The fraction of sp³-hybridized carbons (Fsp3) is 0.647. The summed E-state index contributed by atoms with van der Waals surface area (Å²) in [6.07, 6.45) is 2.45. The zero-order chi connectivity index (χ0) is 15.2. The van der Waals surface area contributed by atoms with E-state index >= 15 is 0 Å². The molecule has 0 saturated carbocycles. The molecule has 1 fully saturated rings. The molecule has 21 heavy (non-hydrogen) atoms. The van der Waals surface area contributed by atoms with Crippen LogP contribution in [0.15, 0.2) is 22.7 Å². The van der Waals surface area contributed by atoms with Crippen LogP contribution in [0.1, 0.15) is 45.2 Å². The summed E-state index contributed by atoms with van der Waals surface area (Å²) in [6.45, 7) is 9.00. The van der Waals surface area contributed by atoms with Gasteiger partial charge >= 0.3 is 0 Å². The van der Waals surface area contributed by atoms with Crippen LogP contribution in [0, 0.1) is 5.92 Å². The molecule has 3 unspecified atom stereocenters. The highest BCUT2D eigenvalue weighted by Crippen LogP contribution is 2.37. The van der Waals surface area contributed by atoms with E-state index in [0.717, 1.165) is 36.2 Å². The molecule has 1 heterocycles. The molecule has 2 rings (SSSR count). The third-order valence-corrected chi connectivity index (χ3v) is 4.49. The summed E-state index contributed by atoms with van der Waals surface area (Å²) in [4.78, 5) is 0. The van der Waals surface area contributed by atoms with Gasteiger partial charge in [0.15, 0.2) is 0 Å². The molecular weight excluding hydrogens is 330 g/mol. The predicted octanol–water partition coefficient (Wildman–Crippen LogP) is 4.31. The smallest absolute Gasteiger partial charge is 0.124 e. The molecule has 3 atom stereocenters. The number of hydrogen-bond acceptors (Lipinski definition) is 3. The largest absolute Gasteiger partial charge is 0.494 e. The van der Waals surface area contributed by atoms with Gasteiger partial charge < -0.3 is 14.8 Å². The Morgan fingerprint density at radius 3 is 2.86 bits per heavy atom. The first-order valence-electron chi connectivity index (χ1n) is 7.94. The maximum atomic E-state index is 6.02. The van der Waals surface area contributed by atoms with Crippen molar-refractivity contribution in [1.82, 2.24) is 5.32 Å². The third kappa shape index (κ3) is 4.21. The lowest BCUT2D eigenvalue weighted by atomic mass is 9.92. The van der Waals surface area contributed by atoms with Gasteiger partial charge in [-0.05, 0) is 50.4 Å². The SMILES string of the molecule is CCCNC(c1cc(Br)ccc1OCC)C1OCCC1C. The lowest BCUT2D eigenvalue weighted by Crippen LogP contribution is -2.35. The molecule has 0 radical (unpaired) electrons. The fourth-order valence-corrected chi connectivity index (χ4v) is 3.27. The Kier molecular flexibility index (Phi) is 6.52. The molecule has 1 aliphatic heterocycles. The minimum absolute atomic E-state index is 0.182. The summed E-state index contributed by atoms with van der Waals surface area (Å²) in [7, 11) is 0. The topological polar surface area (TPSA) is 30.5 Å². The monoisotopic (exact) mass is 355 g/mol. The highest BCUT2D eigenvalue weighted by molar-refractivity contribution is 9.10. The van der Waals surface area contributed by atoms with Crippen LogP contribution < -0.4 is 10.1 Å². The highest BCUT2D eigenvalue weighted by atomic mass is 79.9. The second-order valence-electron chi connectivity index (χ2n) is 5.65. The second kappa shape index (κ2) is 8.16. The van der Waals surface area contributed by atoms with Crippen LogP contribution in [-0.4, -0.2) is 25.9 Å². The Balaban J connectivity index is 2.32. The van der Waals surface area contributed by atoms with Crippen molar-refractivity contribution in [3.05, 3.63) is 28.2 Å². The number of ether oxygens (including phenoxy) is 2. The number of rotatable bonds is 7. The van der Waals surface area contributed by atoms with Gasteiger partial charge in [-0.25, -0.2) is 0 Å². The molecular formula is C17H26BrNO2. The summed E-state index contributed by atoms with van der Waals surface area (Å²) in [5.74, 6) is 1.52. The maximum absolute atomic E-state index is 6.02. The first-order chi connectivity index (χ1) is 10.2. The van der Waals surface area contributed by atoms with Crippen LogP contribution in [0.25, 0.3) is 0 Å². The summed E-state index contributed by atoms with van der Waals surface area (Å²) >= 11 is 3.58. The van der Waals surface area contributed by atoms with Crippen molar-refractivity contribution in [3.8, 4) is 5.75 Å². The summed E-state index contributed by atoms with van der Waals surface area (Å²) in [6, 6.07) is 6.42. The predicted molar refractivity (Wildman–Crippen MR) is 89.9 cm³/mol. The van der Waals surface area contributed by atoms with E-state index in [2.05, 4.69) is 41.2 Å². The molecule has 4 heteroatoms. The summed E-state index contributed by atoms with van der Waals surface area (Å²) in [5.41, 5.74) is 1.19. The van der Waals surface area contributed by atoms with E-state index in [0.29, 0.717) is 12.5 Å². The van der Waals surface area contributed by atoms with Crippen LogP contribution in [0.4, 0.5) is 0 Å². The second-order valence-corrected chi connectivity index (χ2v) is 6.56. The van der Waals surface area contributed by atoms with E-state index in [9.17, 15) is 0 Å². The van der Waals surface area contributed by atoms with Gasteiger partial charge in [0.1, 0.15) is 5.75 Å². The van der Waals surface area contributed by atoms with E-state index in [1.807, 2.05) is 19.1 Å². The fourth-order valence-electron chi connectivity index (χ4n) is 2.90. The Labute approximate surface area is 136 Å². The molecule has 118 valence electrons. The molecule has 0 bridgehead atoms. The van der Waals surface area contributed by atoms with Crippen LogP contribution in [-0.2, 0) is 4.74 Å². The first-order valence-corrected chi connectivity index (χ1v) is 8.73. The standard InChI is InChI=1S/C17H26BrNO2/c1-4-9-19-16(17-12(3)8-10-21-17)14-11-13(18)6-7-15(14)20-5-2/h6-7,11-12,16-17,19H,4-5,8-10H2,1-3H3. The summed E-state index contributed by atoms with van der Waals surface area (Å²) < 4.78 is 12.9. The number of hydrogen-bond donors (Lipinski definition) is 1. The Morgan fingerprint density at radius 1 is 1.43 bits per heavy atom. The molecule has 3 nitrogen and oxygen atoms in total. The Hall–Kier alpha value is -0.580. The molecule has 1 saturated heterocycles. The van der Waals surface area contributed by atoms with Crippen LogP contribution >= 0.6 is 15.9 Å². The van der Waals surface area contributed by atoms with Gasteiger partial charge in [-0.15, -0.1) is 0 Å². The molecule has 1 aliphatic rings. The van der Waals surface area contributed by atoms with Gasteiger partial charge in [0.05, 0.1) is 18.8 Å². The number of benzene rings is 1.